The highest BCUT2D eigenvalue weighted by atomic mass is 16.5. The van der Waals surface area contributed by atoms with Crippen molar-refractivity contribution in [2.24, 2.45) is 0 Å². The molecule has 0 aliphatic rings. The smallest absolute Gasteiger partial charge is 0.326 e. The summed E-state index contributed by atoms with van der Waals surface area (Å²) in [4.78, 5) is 29.2. The van der Waals surface area contributed by atoms with E-state index < -0.39 is 11.9 Å². The van der Waals surface area contributed by atoms with Crippen LogP contribution in [0.1, 0.15) is 16.1 Å². The molecule has 25 heavy (non-hydrogen) atoms. The molecule has 2 rings (SSSR count). The molecule has 1 heterocycles. The van der Waals surface area contributed by atoms with Crippen LogP contribution in [0.3, 0.4) is 0 Å². The molecule has 0 unspecified atom stereocenters. The average molecular weight is 333 g/mol. The first-order valence-electron chi connectivity index (χ1n) is 7.37. The van der Waals surface area contributed by atoms with Gasteiger partial charge in [0.2, 0.25) is 7.98 Å². The summed E-state index contributed by atoms with van der Waals surface area (Å²) in [6.07, 6.45) is 1.53. The van der Waals surface area contributed by atoms with E-state index in [0.29, 0.717) is 11.1 Å². The van der Waals surface area contributed by atoms with E-state index in [1.165, 1.54) is 35.1 Å². The van der Waals surface area contributed by atoms with Gasteiger partial charge in [0.25, 0.3) is 5.91 Å². The number of rotatable bonds is 5. The molecular weight excluding hydrogens is 319 g/mol. The number of nitriles is 1. The first kappa shape index (κ1) is 18.1. The largest absolute Gasteiger partial charge is 0.566 e. The Morgan fingerprint density at radius 2 is 2.00 bits per heavy atom. The summed E-state index contributed by atoms with van der Waals surface area (Å²) in [7, 11) is 4.16. The lowest BCUT2D eigenvalue weighted by atomic mass is 10.0. The minimum absolute atomic E-state index is 0.0918. The van der Waals surface area contributed by atoms with Gasteiger partial charge in [-0.05, 0) is 23.8 Å². The Kier molecular flexibility index (Phi) is 5.85. The molecule has 0 aliphatic carbocycles. The van der Waals surface area contributed by atoms with E-state index in [1.54, 1.807) is 24.3 Å². The molecule has 0 saturated heterocycles. The Labute approximate surface area is 147 Å². The third kappa shape index (κ3) is 4.21. The lowest BCUT2D eigenvalue weighted by molar-refractivity contribution is -0.133. The zero-order valence-corrected chi connectivity index (χ0v) is 14.1. The predicted molar refractivity (Wildman–Crippen MR) is 97.8 cm³/mol. The van der Waals surface area contributed by atoms with Gasteiger partial charge in [-0.25, -0.2) is 4.98 Å². The molecule has 0 spiro atoms. The standard InChI is InChI=1S/C15H14B3N3O4/c16-21(8-13(22)25-18)15(23)14-12(24-17)5-11(7-20-14)10-3-1-2-9(4-10)6-19/h1-5,7H,8,16-18H2. The van der Waals surface area contributed by atoms with Crippen molar-refractivity contribution in [2.75, 3.05) is 6.54 Å². The van der Waals surface area contributed by atoms with Gasteiger partial charge in [-0.3, -0.25) is 9.59 Å². The van der Waals surface area contributed by atoms with Crippen molar-refractivity contribution in [1.82, 2.24) is 9.79 Å². The maximum Gasteiger partial charge on any atom is 0.326 e. The summed E-state index contributed by atoms with van der Waals surface area (Å²) < 4.78 is 9.83. The Morgan fingerprint density at radius 1 is 1.24 bits per heavy atom. The quantitative estimate of drug-likeness (QED) is 0.627. The van der Waals surface area contributed by atoms with Gasteiger partial charge >= 0.3 is 22.1 Å². The number of carbonyl (C=O) groups excluding carboxylic acids is 2. The molecule has 0 atom stereocenters. The van der Waals surface area contributed by atoms with Gasteiger partial charge < -0.3 is 14.1 Å². The summed E-state index contributed by atoms with van der Waals surface area (Å²) >= 11 is 0. The molecular formula is C15H14B3N3O4. The summed E-state index contributed by atoms with van der Waals surface area (Å²) in [5.74, 6) is -0.707. The number of nitrogens with zero attached hydrogens (tertiary/aromatic N) is 3. The molecule has 0 aliphatic heterocycles. The monoisotopic (exact) mass is 333 g/mol. The number of pyridine rings is 1. The highest BCUT2D eigenvalue weighted by molar-refractivity contribution is 6.20. The van der Waals surface area contributed by atoms with Crippen LogP contribution in [0.2, 0.25) is 0 Å². The highest BCUT2D eigenvalue weighted by Gasteiger charge is 2.20. The normalized spacial score (nSPS) is 9.72. The van der Waals surface area contributed by atoms with Crippen LogP contribution in [-0.4, -0.2) is 52.3 Å². The fourth-order valence-corrected chi connectivity index (χ4v) is 2.20. The van der Waals surface area contributed by atoms with Crippen LogP contribution in [0.4, 0.5) is 0 Å². The molecule has 1 aromatic carbocycles. The van der Waals surface area contributed by atoms with Crippen molar-refractivity contribution < 1.29 is 18.9 Å². The summed E-state index contributed by atoms with van der Waals surface area (Å²) in [5, 5.41) is 9.00. The van der Waals surface area contributed by atoms with Crippen molar-refractivity contribution in [2.45, 2.75) is 0 Å². The third-order valence-electron chi connectivity index (χ3n) is 3.54. The number of hydrogen-bond donors (Lipinski definition) is 0. The Hall–Kier alpha value is -3.21. The minimum atomic E-state index is -0.528. The molecule has 0 radical (unpaired) electrons. The van der Waals surface area contributed by atoms with Crippen LogP contribution in [0.15, 0.2) is 36.5 Å². The second-order valence-corrected chi connectivity index (χ2v) is 5.20. The Balaban J connectivity index is 2.34. The van der Waals surface area contributed by atoms with Gasteiger partial charge in [-0.15, -0.1) is 0 Å². The van der Waals surface area contributed by atoms with Gasteiger partial charge in [0.15, 0.2) is 5.69 Å². The fourth-order valence-electron chi connectivity index (χ4n) is 2.20. The van der Waals surface area contributed by atoms with E-state index in [1.807, 2.05) is 6.07 Å². The average Bonchev–Trinajstić information content (AvgIpc) is 2.66. The van der Waals surface area contributed by atoms with Gasteiger partial charge in [0.05, 0.1) is 11.6 Å². The lowest BCUT2D eigenvalue weighted by Gasteiger charge is -2.18. The number of hydrogen-bond acceptors (Lipinski definition) is 6. The molecule has 7 nitrogen and oxygen atoms in total. The van der Waals surface area contributed by atoms with Crippen molar-refractivity contribution in [3.63, 3.8) is 0 Å². The molecule has 0 bridgehead atoms. The van der Waals surface area contributed by atoms with E-state index in [4.69, 9.17) is 9.92 Å². The van der Waals surface area contributed by atoms with Gasteiger partial charge in [0.1, 0.15) is 12.3 Å². The van der Waals surface area contributed by atoms with E-state index in [0.717, 1.165) is 5.56 Å². The van der Waals surface area contributed by atoms with Crippen LogP contribution in [0.5, 0.6) is 5.75 Å². The maximum atomic E-state index is 12.5. The van der Waals surface area contributed by atoms with Gasteiger partial charge in [-0.1, -0.05) is 12.1 Å². The van der Waals surface area contributed by atoms with Crippen molar-refractivity contribution in [1.29, 1.82) is 5.26 Å². The predicted octanol–water partition coefficient (Wildman–Crippen LogP) is -1.37. The van der Waals surface area contributed by atoms with E-state index in [9.17, 15) is 9.59 Å². The molecule has 2 aromatic rings. The number of benzene rings is 1. The molecule has 0 fully saturated rings. The zero-order chi connectivity index (χ0) is 18.4. The molecule has 0 N–H and O–H groups in total. The summed E-state index contributed by atoms with van der Waals surface area (Å²) in [6.45, 7) is -0.188. The van der Waals surface area contributed by atoms with E-state index in [2.05, 4.69) is 15.7 Å². The van der Waals surface area contributed by atoms with Crippen LogP contribution in [0.25, 0.3) is 11.1 Å². The van der Waals surface area contributed by atoms with Crippen molar-refractivity contribution in [3.05, 3.63) is 47.8 Å². The lowest BCUT2D eigenvalue weighted by Crippen LogP contribution is -2.34. The van der Waals surface area contributed by atoms with E-state index >= 15 is 0 Å². The SMILES string of the molecule is BOC(=O)CN(B)C(=O)c1ncc(-c2cccc(C#N)c2)cc1OB. The number of carbonyl (C=O) groups is 2. The van der Waals surface area contributed by atoms with Crippen LogP contribution >= 0.6 is 0 Å². The first-order chi connectivity index (χ1) is 12.0. The van der Waals surface area contributed by atoms with Crippen LogP contribution in [-0.2, 0) is 9.45 Å². The second kappa shape index (κ2) is 8.06. The third-order valence-corrected chi connectivity index (χ3v) is 3.54. The minimum Gasteiger partial charge on any atom is -0.566 e. The highest BCUT2D eigenvalue weighted by Crippen LogP contribution is 2.26. The number of aromatic nitrogens is 1. The zero-order valence-electron chi connectivity index (χ0n) is 14.1. The van der Waals surface area contributed by atoms with Crippen molar-refractivity contribution in [3.8, 4) is 22.9 Å². The fraction of sp³-hybridized carbons (Fsp3) is 0.0667. The Morgan fingerprint density at radius 3 is 2.64 bits per heavy atom. The molecule has 1 amide bonds. The van der Waals surface area contributed by atoms with Gasteiger partial charge in [0, 0.05) is 11.8 Å². The maximum absolute atomic E-state index is 12.5. The Bertz CT molecular complexity index is 854. The van der Waals surface area contributed by atoms with E-state index in [-0.39, 0.29) is 18.0 Å². The molecule has 1 aromatic heterocycles. The molecule has 122 valence electrons. The summed E-state index contributed by atoms with van der Waals surface area (Å²) in [6, 6.07) is 10.8. The van der Waals surface area contributed by atoms with Crippen LogP contribution < -0.4 is 4.65 Å². The second-order valence-electron chi connectivity index (χ2n) is 5.20. The first-order valence-corrected chi connectivity index (χ1v) is 7.37. The number of amides is 1. The molecule has 10 heteroatoms. The topological polar surface area (TPSA) is 92.5 Å². The molecule has 0 saturated carbocycles. The summed E-state index contributed by atoms with van der Waals surface area (Å²) in [5.41, 5.74) is 2.11. The van der Waals surface area contributed by atoms with Gasteiger partial charge in [-0.2, -0.15) is 5.26 Å². The van der Waals surface area contributed by atoms with Crippen molar-refractivity contribution >= 4 is 36.0 Å². The van der Waals surface area contributed by atoms with Crippen LogP contribution in [0, 0.1) is 11.3 Å².